The Morgan fingerprint density at radius 3 is 2.36 bits per heavy atom. The van der Waals surface area contributed by atoms with Crippen LogP contribution in [-0.4, -0.2) is 55.5 Å². The van der Waals surface area contributed by atoms with Crippen molar-refractivity contribution < 1.29 is 32.2 Å². The number of hydrogen-bond acceptors (Lipinski definition) is 6. The maximum absolute atomic E-state index is 13.4. The van der Waals surface area contributed by atoms with Crippen LogP contribution in [0.2, 0.25) is 0 Å². The molecule has 2 amide bonds. The van der Waals surface area contributed by atoms with Gasteiger partial charge in [-0.15, -0.1) is 0 Å². The van der Waals surface area contributed by atoms with Gasteiger partial charge in [-0.05, 0) is 67.6 Å². The molecular weight excluding hydrogens is 563 g/mol. The number of rotatable bonds is 14. The number of benzene rings is 2. The molecule has 0 saturated carbocycles. The highest BCUT2D eigenvalue weighted by atomic mass is 32.2. The van der Waals surface area contributed by atoms with E-state index in [0.717, 1.165) is 16.1 Å². The zero-order valence-corrected chi connectivity index (χ0v) is 24.9. The van der Waals surface area contributed by atoms with Crippen molar-refractivity contribution in [2.24, 2.45) is 0 Å². The quantitative estimate of drug-likeness (QED) is 0.244. The Bertz CT molecular complexity index is 1470. The Kier molecular flexibility index (Phi) is 11.0. The van der Waals surface area contributed by atoms with Crippen LogP contribution in [0.15, 0.2) is 66.7 Å². The molecule has 0 bridgehead atoms. The number of carboxylic acid groups (broad SMARTS) is 1. The van der Waals surface area contributed by atoms with E-state index in [1.165, 1.54) is 24.3 Å². The second-order valence-electron chi connectivity index (χ2n) is 10.4. The maximum atomic E-state index is 13.4. The molecule has 2 unspecified atom stereocenters. The molecule has 0 aliphatic heterocycles. The summed E-state index contributed by atoms with van der Waals surface area (Å²) in [7, 11) is -3.71. The number of nitrogens with zero attached hydrogens (tertiary/aromatic N) is 2. The summed E-state index contributed by atoms with van der Waals surface area (Å²) in [5.74, 6) is -0.886. The van der Waals surface area contributed by atoms with Gasteiger partial charge in [-0.2, -0.15) is 0 Å². The minimum atomic E-state index is -3.71. The van der Waals surface area contributed by atoms with Crippen molar-refractivity contribution in [2.75, 3.05) is 23.7 Å². The first kappa shape index (κ1) is 32.5. The van der Waals surface area contributed by atoms with Crippen LogP contribution in [0, 0.1) is 5.82 Å². The monoisotopic (exact) mass is 600 g/mol. The molecule has 2 atom stereocenters. The fourth-order valence-corrected chi connectivity index (χ4v) is 5.43. The molecule has 3 N–H and O–H groups in total. The van der Waals surface area contributed by atoms with Gasteiger partial charge in [0.2, 0.25) is 10.0 Å². The lowest BCUT2D eigenvalue weighted by Gasteiger charge is -2.29. The zero-order valence-electron chi connectivity index (χ0n) is 24.1. The number of carbonyl (C=O) groups is 2. The number of carbonyl (C=O) groups excluding carboxylic acids is 1. The van der Waals surface area contributed by atoms with Crippen LogP contribution >= 0.6 is 0 Å². The third kappa shape index (κ3) is 9.52. The van der Waals surface area contributed by atoms with E-state index in [1.54, 1.807) is 26.0 Å². The molecular formula is C30H37FN4O6S. The minimum Gasteiger partial charge on any atom is -0.465 e. The lowest BCUT2D eigenvalue weighted by molar-refractivity contribution is 0.0632. The molecule has 1 heterocycles. The largest absolute Gasteiger partial charge is 0.465 e. The minimum absolute atomic E-state index is 0.000266. The van der Waals surface area contributed by atoms with E-state index < -0.39 is 39.4 Å². The summed E-state index contributed by atoms with van der Waals surface area (Å²) in [4.78, 5) is 29.2. The maximum Gasteiger partial charge on any atom is 0.405 e. The molecule has 0 aliphatic rings. The number of amides is 2. The number of hydrogen-bond donors (Lipinski definition) is 3. The Hall–Kier alpha value is -4.03. The molecule has 0 spiro atoms. The third-order valence-corrected chi connectivity index (χ3v) is 7.61. The fraction of sp³-hybridized carbons (Fsp3) is 0.367. The number of anilines is 1. The first-order valence-corrected chi connectivity index (χ1v) is 15.3. The van der Waals surface area contributed by atoms with Gasteiger partial charge in [0.05, 0.1) is 31.1 Å². The van der Waals surface area contributed by atoms with Crippen molar-refractivity contribution in [1.82, 2.24) is 15.6 Å². The van der Waals surface area contributed by atoms with E-state index in [-0.39, 0.29) is 31.3 Å². The van der Waals surface area contributed by atoms with Crippen molar-refractivity contribution in [3.8, 4) is 0 Å². The molecule has 0 aliphatic carbocycles. The first-order chi connectivity index (χ1) is 19.8. The molecule has 10 nitrogen and oxygen atoms in total. The SMILES string of the molecule is CCCN(c1cc(COCC(C)(Cc2ccccc2)NC(=O)O)cc(C(=O)NC(C)c2ccc(F)cc2)n1)S(C)(=O)=O. The van der Waals surface area contributed by atoms with Crippen molar-refractivity contribution in [1.29, 1.82) is 0 Å². The third-order valence-electron chi connectivity index (χ3n) is 6.44. The summed E-state index contributed by atoms with van der Waals surface area (Å²) >= 11 is 0. The fourth-order valence-electron chi connectivity index (χ4n) is 4.49. The van der Waals surface area contributed by atoms with E-state index in [2.05, 4.69) is 15.6 Å². The van der Waals surface area contributed by atoms with Gasteiger partial charge < -0.3 is 20.5 Å². The van der Waals surface area contributed by atoms with E-state index in [9.17, 15) is 27.5 Å². The normalized spacial score (nSPS) is 13.5. The van der Waals surface area contributed by atoms with Crippen molar-refractivity contribution in [3.05, 3.63) is 94.9 Å². The molecule has 3 rings (SSSR count). The first-order valence-electron chi connectivity index (χ1n) is 13.5. The van der Waals surface area contributed by atoms with Gasteiger partial charge in [-0.3, -0.25) is 9.10 Å². The summed E-state index contributed by atoms with van der Waals surface area (Å²) in [6.45, 7) is 5.40. The molecule has 12 heteroatoms. The standard InChI is InChI=1S/C30H37FN4O6S/c1-5-15-35(42(4,39)40)27-17-23(16-26(33-27)28(36)32-21(2)24-11-13-25(31)14-12-24)19-41-20-30(3,34-29(37)38)18-22-9-7-6-8-10-22/h6-14,16-17,21,34H,5,15,18-20H2,1-4H3,(H,32,36)(H,37,38). The summed E-state index contributed by atoms with van der Waals surface area (Å²) in [5.41, 5.74) is 1.08. The highest BCUT2D eigenvalue weighted by molar-refractivity contribution is 7.92. The molecule has 0 saturated heterocycles. The van der Waals surface area contributed by atoms with Gasteiger partial charge >= 0.3 is 6.09 Å². The molecule has 0 radical (unpaired) electrons. The number of aromatic nitrogens is 1. The van der Waals surface area contributed by atoms with E-state index >= 15 is 0 Å². The highest BCUT2D eigenvalue weighted by Gasteiger charge is 2.28. The Labute approximate surface area is 246 Å². The second-order valence-corrected chi connectivity index (χ2v) is 12.4. The Balaban J connectivity index is 1.87. The Morgan fingerprint density at radius 2 is 1.76 bits per heavy atom. The van der Waals surface area contributed by atoms with Gasteiger partial charge in [-0.1, -0.05) is 49.4 Å². The van der Waals surface area contributed by atoms with Gasteiger partial charge in [0, 0.05) is 6.54 Å². The lowest BCUT2D eigenvalue weighted by Crippen LogP contribution is -2.50. The summed E-state index contributed by atoms with van der Waals surface area (Å²) in [5, 5.41) is 14.8. The van der Waals surface area contributed by atoms with Gasteiger partial charge in [0.15, 0.2) is 0 Å². The van der Waals surface area contributed by atoms with Crippen LogP contribution in [0.3, 0.4) is 0 Å². The second kappa shape index (κ2) is 14.2. The lowest BCUT2D eigenvalue weighted by atomic mass is 9.94. The zero-order chi connectivity index (χ0) is 30.9. The molecule has 1 aromatic heterocycles. The van der Waals surface area contributed by atoms with Crippen molar-refractivity contribution in [3.63, 3.8) is 0 Å². The predicted octanol–water partition coefficient (Wildman–Crippen LogP) is 4.67. The van der Waals surface area contributed by atoms with E-state index in [1.807, 2.05) is 37.3 Å². The van der Waals surface area contributed by atoms with Gasteiger partial charge in [0.25, 0.3) is 5.91 Å². The average Bonchev–Trinajstić information content (AvgIpc) is 2.91. The number of nitrogens with one attached hydrogen (secondary N) is 2. The summed E-state index contributed by atoms with van der Waals surface area (Å²) in [6, 6.07) is 17.7. The number of halogens is 1. The van der Waals surface area contributed by atoms with E-state index in [4.69, 9.17) is 4.74 Å². The average molecular weight is 601 g/mol. The van der Waals surface area contributed by atoms with Crippen LogP contribution < -0.4 is 14.9 Å². The summed E-state index contributed by atoms with van der Waals surface area (Å²) in [6.07, 6.45) is 0.754. The van der Waals surface area contributed by atoms with Crippen LogP contribution in [0.4, 0.5) is 15.0 Å². The van der Waals surface area contributed by atoms with Crippen LogP contribution in [-0.2, 0) is 27.8 Å². The van der Waals surface area contributed by atoms with Crippen LogP contribution in [0.1, 0.15) is 60.4 Å². The number of ether oxygens (including phenoxy) is 1. The predicted molar refractivity (Wildman–Crippen MR) is 158 cm³/mol. The molecule has 226 valence electrons. The van der Waals surface area contributed by atoms with E-state index in [0.29, 0.717) is 24.0 Å². The highest BCUT2D eigenvalue weighted by Crippen LogP contribution is 2.22. The van der Waals surface area contributed by atoms with Crippen LogP contribution in [0.5, 0.6) is 0 Å². The topological polar surface area (TPSA) is 138 Å². The number of pyridine rings is 1. The van der Waals surface area contributed by atoms with Gasteiger partial charge in [-0.25, -0.2) is 22.6 Å². The number of sulfonamides is 1. The summed E-state index contributed by atoms with van der Waals surface area (Å²) < 4.78 is 45.6. The smallest absolute Gasteiger partial charge is 0.405 e. The van der Waals surface area contributed by atoms with Crippen molar-refractivity contribution >= 4 is 27.8 Å². The molecule has 42 heavy (non-hydrogen) atoms. The van der Waals surface area contributed by atoms with Crippen LogP contribution in [0.25, 0.3) is 0 Å². The molecule has 2 aromatic carbocycles. The molecule has 3 aromatic rings. The Morgan fingerprint density at radius 1 is 1.10 bits per heavy atom. The van der Waals surface area contributed by atoms with Gasteiger partial charge in [0.1, 0.15) is 17.3 Å². The molecule has 0 fully saturated rings. The van der Waals surface area contributed by atoms with Crippen molar-refractivity contribution in [2.45, 2.75) is 51.8 Å².